The number of aliphatic carboxylic acids is 1. The number of pyridine rings is 1. The lowest BCUT2D eigenvalue weighted by molar-refractivity contribution is -0.138. The summed E-state index contributed by atoms with van der Waals surface area (Å²) in [6.07, 6.45) is 5.49. The molecule has 0 fully saturated rings. The number of hydrogen-bond donors (Lipinski definition) is 2. The van der Waals surface area contributed by atoms with Crippen molar-refractivity contribution in [2.45, 2.75) is 32.2 Å². The summed E-state index contributed by atoms with van der Waals surface area (Å²) in [5.74, 6) is -0.860. The average Bonchev–Trinajstić information content (AvgIpc) is 2.26. The predicted octanol–water partition coefficient (Wildman–Crippen LogP) is 2.79. The van der Waals surface area contributed by atoms with Gasteiger partial charge in [-0.05, 0) is 12.5 Å². The molecule has 0 saturated heterocycles. The van der Waals surface area contributed by atoms with E-state index in [4.69, 9.17) is 16.7 Å². The number of unbranched alkanes of at least 4 members (excludes halogenated alkanes) is 1. The number of nitrogens with zero attached hydrogens (tertiary/aromatic N) is 1. The first-order valence-corrected chi connectivity index (χ1v) is 5.61. The molecule has 88 valence electrons. The van der Waals surface area contributed by atoms with E-state index in [-0.39, 0.29) is 0 Å². The second kappa shape index (κ2) is 6.33. The SMILES string of the molecule is CCCCC(Nc1ccncc1Cl)C(=O)O. The molecule has 0 aliphatic heterocycles. The summed E-state index contributed by atoms with van der Waals surface area (Å²) in [5.41, 5.74) is 0.611. The van der Waals surface area contributed by atoms with Crippen molar-refractivity contribution >= 4 is 23.3 Å². The fraction of sp³-hybridized carbons (Fsp3) is 0.455. The van der Waals surface area contributed by atoms with E-state index in [0.717, 1.165) is 12.8 Å². The Morgan fingerprint density at radius 3 is 3.00 bits per heavy atom. The second-order valence-electron chi connectivity index (χ2n) is 3.53. The van der Waals surface area contributed by atoms with E-state index >= 15 is 0 Å². The number of carboxylic acids is 1. The molecule has 5 heteroatoms. The van der Waals surface area contributed by atoms with Gasteiger partial charge < -0.3 is 10.4 Å². The molecule has 0 saturated carbocycles. The Bertz CT molecular complexity index is 358. The summed E-state index contributed by atoms with van der Waals surface area (Å²) in [5, 5.41) is 12.4. The van der Waals surface area contributed by atoms with Crippen LogP contribution in [0.2, 0.25) is 5.02 Å². The van der Waals surface area contributed by atoms with Gasteiger partial charge in [0, 0.05) is 12.4 Å². The number of hydrogen-bond acceptors (Lipinski definition) is 3. The Morgan fingerprint density at radius 1 is 1.69 bits per heavy atom. The molecule has 1 aromatic rings. The molecule has 4 nitrogen and oxygen atoms in total. The molecular formula is C11H15ClN2O2. The van der Waals surface area contributed by atoms with E-state index in [2.05, 4.69) is 10.3 Å². The summed E-state index contributed by atoms with van der Waals surface area (Å²) in [4.78, 5) is 14.8. The number of aromatic nitrogens is 1. The lowest BCUT2D eigenvalue weighted by Crippen LogP contribution is -2.29. The highest BCUT2D eigenvalue weighted by Crippen LogP contribution is 2.21. The summed E-state index contributed by atoms with van der Waals surface area (Å²) in [7, 11) is 0. The highest BCUT2D eigenvalue weighted by Gasteiger charge is 2.17. The Balaban J connectivity index is 2.68. The first-order valence-electron chi connectivity index (χ1n) is 5.24. The predicted molar refractivity (Wildman–Crippen MR) is 63.8 cm³/mol. The van der Waals surface area contributed by atoms with Gasteiger partial charge in [0.15, 0.2) is 0 Å². The maximum Gasteiger partial charge on any atom is 0.326 e. The van der Waals surface area contributed by atoms with Gasteiger partial charge in [0.25, 0.3) is 0 Å². The van der Waals surface area contributed by atoms with Crippen molar-refractivity contribution in [1.29, 1.82) is 0 Å². The number of halogens is 1. The van der Waals surface area contributed by atoms with Crippen LogP contribution in [0.15, 0.2) is 18.5 Å². The smallest absolute Gasteiger partial charge is 0.326 e. The molecule has 0 aromatic carbocycles. The van der Waals surface area contributed by atoms with Crippen molar-refractivity contribution in [3.05, 3.63) is 23.5 Å². The molecule has 0 aliphatic carbocycles. The molecule has 1 heterocycles. The zero-order chi connectivity index (χ0) is 12.0. The summed E-state index contributed by atoms with van der Waals surface area (Å²) in [6, 6.07) is 1.07. The highest BCUT2D eigenvalue weighted by molar-refractivity contribution is 6.33. The van der Waals surface area contributed by atoms with Crippen molar-refractivity contribution in [2.24, 2.45) is 0 Å². The molecule has 16 heavy (non-hydrogen) atoms. The number of carboxylic acid groups (broad SMARTS) is 1. The minimum atomic E-state index is -0.860. The lowest BCUT2D eigenvalue weighted by Gasteiger charge is -2.15. The van der Waals surface area contributed by atoms with Crippen LogP contribution in [0.25, 0.3) is 0 Å². The van der Waals surface area contributed by atoms with Crippen LogP contribution in [0.5, 0.6) is 0 Å². The Labute approximate surface area is 99.6 Å². The summed E-state index contributed by atoms with van der Waals surface area (Å²) in [6.45, 7) is 2.03. The number of nitrogens with one attached hydrogen (secondary N) is 1. The second-order valence-corrected chi connectivity index (χ2v) is 3.94. The van der Waals surface area contributed by atoms with E-state index in [9.17, 15) is 4.79 Å². The standard InChI is InChI=1S/C11H15ClN2O2/c1-2-3-4-10(11(15)16)14-9-5-6-13-7-8(9)12/h5-7,10H,2-4H2,1H3,(H,13,14)(H,15,16). The van der Waals surface area contributed by atoms with Gasteiger partial charge in [-0.25, -0.2) is 4.79 Å². The van der Waals surface area contributed by atoms with Crippen LogP contribution >= 0.6 is 11.6 Å². The van der Waals surface area contributed by atoms with Gasteiger partial charge in [0.05, 0.1) is 10.7 Å². The zero-order valence-electron chi connectivity index (χ0n) is 9.11. The third-order valence-corrected chi connectivity index (χ3v) is 2.55. The highest BCUT2D eigenvalue weighted by atomic mass is 35.5. The monoisotopic (exact) mass is 242 g/mol. The lowest BCUT2D eigenvalue weighted by atomic mass is 10.1. The van der Waals surface area contributed by atoms with Crippen LogP contribution in [0.3, 0.4) is 0 Å². The van der Waals surface area contributed by atoms with Gasteiger partial charge >= 0.3 is 5.97 Å². The van der Waals surface area contributed by atoms with Crippen molar-refractivity contribution < 1.29 is 9.90 Å². The zero-order valence-corrected chi connectivity index (χ0v) is 9.87. The fourth-order valence-electron chi connectivity index (χ4n) is 1.35. The largest absolute Gasteiger partial charge is 0.480 e. The maximum absolute atomic E-state index is 11.0. The third-order valence-electron chi connectivity index (χ3n) is 2.25. The van der Waals surface area contributed by atoms with E-state index in [0.29, 0.717) is 17.1 Å². The van der Waals surface area contributed by atoms with Crippen molar-refractivity contribution in [3.8, 4) is 0 Å². The minimum absolute atomic E-state index is 0.435. The van der Waals surface area contributed by atoms with Gasteiger partial charge in [-0.3, -0.25) is 4.98 Å². The van der Waals surface area contributed by atoms with E-state index in [1.54, 1.807) is 12.3 Å². The van der Waals surface area contributed by atoms with Crippen molar-refractivity contribution in [2.75, 3.05) is 5.32 Å². The van der Waals surface area contributed by atoms with Crippen LogP contribution in [-0.2, 0) is 4.79 Å². The number of rotatable bonds is 6. The molecular weight excluding hydrogens is 228 g/mol. The van der Waals surface area contributed by atoms with Crippen molar-refractivity contribution in [3.63, 3.8) is 0 Å². The van der Waals surface area contributed by atoms with Gasteiger partial charge in [0.2, 0.25) is 0 Å². The normalized spacial score (nSPS) is 12.1. The van der Waals surface area contributed by atoms with E-state index in [1.807, 2.05) is 6.92 Å². The minimum Gasteiger partial charge on any atom is -0.480 e. The van der Waals surface area contributed by atoms with Crippen LogP contribution in [0.1, 0.15) is 26.2 Å². The van der Waals surface area contributed by atoms with E-state index < -0.39 is 12.0 Å². The molecule has 2 N–H and O–H groups in total. The molecule has 0 spiro atoms. The van der Waals surface area contributed by atoms with Gasteiger partial charge in [-0.15, -0.1) is 0 Å². The van der Waals surface area contributed by atoms with Gasteiger partial charge in [0.1, 0.15) is 6.04 Å². The number of anilines is 1. The fourth-order valence-corrected chi connectivity index (χ4v) is 1.52. The van der Waals surface area contributed by atoms with Crippen LogP contribution in [0, 0.1) is 0 Å². The Kier molecular flexibility index (Phi) is 5.05. The molecule has 0 radical (unpaired) electrons. The molecule has 1 aromatic heterocycles. The average molecular weight is 243 g/mol. The van der Waals surface area contributed by atoms with Crippen LogP contribution in [-0.4, -0.2) is 22.1 Å². The van der Waals surface area contributed by atoms with Gasteiger partial charge in [-0.1, -0.05) is 31.4 Å². The Hall–Kier alpha value is -1.29. The summed E-state index contributed by atoms with van der Waals surface area (Å²) >= 11 is 5.89. The molecule has 1 atom stereocenters. The van der Waals surface area contributed by atoms with Crippen LogP contribution in [0.4, 0.5) is 5.69 Å². The number of carbonyl (C=O) groups is 1. The van der Waals surface area contributed by atoms with Crippen LogP contribution < -0.4 is 5.32 Å². The van der Waals surface area contributed by atoms with Gasteiger partial charge in [-0.2, -0.15) is 0 Å². The van der Waals surface area contributed by atoms with Crippen molar-refractivity contribution in [1.82, 2.24) is 4.98 Å². The molecule has 1 rings (SSSR count). The summed E-state index contributed by atoms with van der Waals surface area (Å²) < 4.78 is 0. The van der Waals surface area contributed by atoms with E-state index in [1.165, 1.54) is 6.20 Å². The third kappa shape index (κ3) is 3.70. The Morgan fingerprint density at radius 2 is 2.44 bits per heavy atom. The topological polar surface area (TPSA) is 62.2 Å². The molecule has 0 aliphatic rings. The molecule has 0 amide bonds. The quantitative estimate of drug-likeness (QED) is 0.805. The molecule has 0 bridgehead atoms. The first kappa shape index (κ1) is 12.8. The maximum atomic E-state index is 11.0. The molecule has 1 unspecified atom stereocenters. The first-order chi connectivity index (χ1) is 7.65.